The molecule has 2 aromatic carbocycles. The molecular formula is C15H11ClO4. The zero-order chi connectivity index (χ0) is 14.7. The summed E-state index contributed by atoms with van der Waals surface area (Å²) < 4.78 is 4.65. The third-order valence-electron chi connectivity index (χ3n) is 2.86. The molecule has 2 aromatic rings. The van der Waals surface area contributed by atoms with E-state index >= 15 is 0 Å². The minimum absolute atomic E-state index is 0.118. The predicted molar refractivity (Wildman–Crippen MR) is 75.3 cm³/mol. The van der Waals surface area contributed by atoms with Crippen molar-refractivity contribution in [1.29, 1.82) is 0 Å². The molecule has 0 unspecified atom stereocenters. The van der Waals surface area contributed by atoms with Crippen LogP contribution in [-0.4, -0.2) is 24.5 Å². The summed E-state index contributed by atoms with van der Waals surface area (Å²) >= 11 is 5.94. The smallest absolute Gasteiger partial charge is 0.339 e. The van der Waals surface area contributed by atoms with Crippen LogP contribution in [0.15, 0.2) is 36.4 Å². The predicted octanol–water partition coefficient (Wildman–Crippen LogP) is 3.31. The van der Waals surface area contributed by atoms with Gasteiger partial charge in [0.15, 0.2) is 6.29 Å². The maximum atomic E-state index is 11.6. The summed E-state index contributed by atoms with van der Waals surface area (Å²) in [7, 11) is 1.27. The van der Waals surface area contributed by atoms with Gasteiger partial charge >= 0.3 is 5.97 Å². The van der Waals surface area contributed by atoms with Crippen LogP contribution in [0.5, 0.6) is 5.75 Å². The van der Waals surface area contributed by atoms with Crippen molar-refractivity contribution in [2.75, 3.05) is 7.11 Å². The Bertz CT molecular complexity index is 680. The lowest BCUT2D eigenvalue weighted by Gasteiger charge is -2.07. The van der Waals surface area contributed by atoms with Crippen molar-refractivity contribution >= 4 is 23.9 Å². The van der Waals surface area contributed by atoms with Crippen molar-refractivity contribution in [1.82, 2.24) is 0 Å². The fraction of sp³-hybridized carbons (Fsp3) is 0.0667. The maximum absolute atomic E-state index is 11.6. The number of aldehydes is 1. The van der Waals surface area contributed by atoms with Gasteiger partial charge in [-0.1, -0.05) is 23.7 Å². The van der Waals surface area contributed by atoms with Gasteiger partial charge < -0.3 is 9.84 Å². The average molecular weight is 291 g/mol. The Kier molecular flexibility index (Phi) is 4.05. The van der Waals surface area contributed by atoms with Crippen molar-refractivity contribution in [2.45, 2.75) is 0 Å². The summed E-state index contributed by atoms with van der Waals surface area (Å²) in [6, 6.07) is 9.49. The second-order valence-electron chi connectivity index (χ2n) is 4.08. The first kappa shape index (κ1) is 14.1. The molecule has 102 valence electrons. The molecule has 0 heterocycles. The molecule has 0 aliphatic heterocycles. The molecule has 0 bridgehead atoms. The third kappa shape index (κ3) is 2.65. The summed E-state index contributed by atoms with van der Waals surface area (Å²) in [6.07, 6.45) is 0.570. The third-order valence-corrected chi connectivity index (χ3v) is 3.19. The minimum Gasteiger partial charge on any atom is -0.507 e. The maximum Gasteiger partial charge on any atom is 0.339 e. The molecule has 0 aromatic heterocycles. The largest absolute Gasteiger partial charge is 0.507 e. The lowest BCUT2D eigenvalue weighted by molar-refractivity contribution is 0.0601. The van der Waals surface area contributed by atoms with Gasteiger partial charge in [-0.25, -0.2) is 4.79 Å². The van der Waals surface area contributed by atoms with Crippen molar-refractivity contribution in [3.8, 4) is 16.9 Å². The SMILES string of the molecule is COC(=O)c1cc(-c2ccc(C=O)c(O)c2)ccc1Cl. The highest BCUT2D eigenvalue weighted by Gasteiger charge is 2.12. The van der Waals surface area contributed by atoms with Crippen molar-refractivity contribution in [3.05, 3.63) is 52.5 Å². The van der Waals surface area contributed by atoms with Crippen LogP contribution in [0.2, 0.25) is 5.02 Å². The summed E-state index contributed by atoms with van der Waals surface area (Å²) in [5.74, 6) is -0.655. The Labute approximate surface area is 120 Å². The molecule has 0 aliphatic rings. The summed E-state index contributed by atoms with van der Waals surface area (Å²) in [5.41, 5.74) is 1.79. The Hall–Kier alpha value is -2.33. The lowest BCUT2D eigenvalue weighted by atomic mass is 10.0. The van der Waals surface area contributed by atoms with E-state index in [0.717, 1.165) is 0 Å². The van der Waals surface area contributed by atoms with Crippen LogP contribution in [0.25, 0.3) is 11.1 Å². The van der Waals surface area contributed by atoms with Crippen LogP contribution in [0.1, 0.15) is 20.7 Å². The molecule has 0 radical (unpaired) electrons. The molecule has 4 nitrogen and oxygen atoms in total. The number of hydrogen-bond donors (Lipinski definition) is 1. The number of aromatic hydroxyl groups is 1. The number of ether oxygens (including phenoxy) is 1. The van der Waals surface area contributed by atoms with Gasteiger partial charge in [-0.15, -0.1) is 0 Å². The van der Waals surface area contributed by atoms with Gasteiger partial charge in [0.25, 0.3) is 0 Å². The van der Waals surface area contributed by atoms with E-state index in [2.05, 4.69) is 4.74 Å². The van der Waals surface area contributed by atoms with Crippen LogP contribution in [-0.2, 0) is 4.74 Å². The molecule has 5 heteroatoms. The van der Waals surface area contributed by atoms with Gasteiger partial charge in [-0.05, 0) is 35.4 Å². The highest BCUT2D eigenvalue weighted by atomic mass is 35.5. The Morgan fingerprint density at radius 3 is 2.45 bits per heavy atom. The highest BCUT2D eigenvalue weighted by molar-refractivity contribution is 6.33. The van der Waals surface area contributed by atoms with E-state index in [1.54, 1.807) is 24.3 Å². The van der Waals surface area contributed by atoms with Gasteiger partial charge in [0.2, 0.25) is 0 Å². The zero-order valence-corrected chi connectivity index (χ0v) is 11.3. The van der Waals surface area contributed by atoms with Crippen LogP contribution in [0.3, 0.4) is 0 Å². The molecule has 0 saturated carbocycles. The van der Waals surface area contributed by atoms with Crippen molar-refractivity contribution in [3.63, 3.8) is 0 Å². The standard InChI is InChI=1S/C15H11ClO4/c1-20-15(19)12-6-9(4-5-13(12)16)10-2-3-11(8-17)14(18)7-10/h2-8,18H,1H3. The van der Waals surface area contributed by atoms with Gasteiger partial charge in [0.1, 0.15) is 5.75 Å². The summed E-state index contributed by atoms with van der Waals surface area (Å²) in [4.78, 5) is 22.2. The quantitative estimate of drug-likeness (QED) is 0.696. The minimum atomic E-state index is -0.536. The Balaban J connectivity index is 2.50. The number of carbonyl (C=O) groups is 2. The normalized spacial score (nSPS) is 10.1. The van der Waals surface area contributed by atoms with Gasteiger partial charge in [0.05, 0.1) is 23.3 Å². The van der Waals surface area contributed by atoms with Crippen LogP contribution < -0.4 is 0 Å². The fourth-order valence-electron chi connectivity index (χ4n) is 1.79. The molecule has 0 fully saturated rings. The number of phenolic OH excluding ortho intramolecular Hbond substituents is 1. The molecule has 0 atom stereocenters. The van der Waals surface area contributed by atoms with E-state index in [1.807, 2.05) is 0 Å². The van der Waals surface area contributed by atoms with Crippen LogP contribution in [0, 0.1) is 0 Å². The van der Waals surface area contributed by atoms with E-state index in [0.29, 0.717) is 17.4 Å². The molecular weight excluding hydrogens is 280 g/mol. The number of carbonyl (C=O) groups excluding carboxylic acids is 2. The zero-order valence-electron chi connectivity index (χ0n) is 10.6. The van der Waals surface area contributed by atoms with Crippen molar-refractivity contribution in [2.24, 2.45) is 0 Å². The Morgan fingerprint density at radius 1 is 1.20 bits per heavy atom. The molecule has 0 aliphatic carbocycles. The topological polar surface area (TPSA) is 63.6 Å². The second kappa shape index (κ2) is 5.75. The number of rotatable bonds is 3. The highest BCUT2D eigenvalue weighted by Crippen LogP contribution is 2.29. The molecule has 2 rings (SSSR count). The number of benzene rings is 2. The molecule has 0 saturated heterocycles. The molecule has 1 N–H and O–H groups in total. The first-order chi connectivity index (χ1) is 9.56. The lowest BCUT2D eigenvalue weighted by Crippen LogP contribution is -2.02. The van der Waals surface area contributed by atoms with E-state index in [1.165, 1.54) is 19.2 Å². The fourth-order valence-corrected chi connectivity index (χ4v) is 1.99. The first-order valence-corrected chi connectivity index (χ1v) is 6.11. The van der Waals surface area contributed by atoms with Gasteiger partial charge in [-0.3, -0.25) is 4.79 Å². The van der Waals surface area contributed by atoms with Gasteiger partial charge in [-0.2, -0.15) is 0 Å². The van der Waals surface area contributed by atoms with Crippen LogP contribution >= 0.6 is 11.6 Å². The van der Waals surface area contributed by atoms with E-state index < -0.39 is 5.97 Å². The number of hydrogen-bond acceptors (Lipinski definition) is 4. The van der Waals surface area contributed by atoms with Gasteiger partial charge in [0, 0.05) is 0 Å². The summed E-state index contributed by atoms with van der Waals surface area (Å²) in [6.45, 7) is 0. The summed E-state index contributed by atoms with van der Waals surface area (Å²) in [5, 5.41) is 9.97. The number of esters is 1. The first-order valence-electron chi connectivity index (χ1n) is 5.73. The van der Waals surface area contributed by atoms with E-state index in [9.17, 15) is 14.7 Å². The number of phenols is 1. The van der Waals surface area contributed by atoms with E-state index in [-0.39, 0.29) is 21.9 Å². The molecule has 20 heavy (non-hydrogen) atoms. The second-order valence-corrected chi connectivity index (χ2v) is 4.48. The van der Waals surface area contributed by atoms with Crippen LogP contribution in [0.4, 0.5) is 0 Å². The van der Waals surface area contributed by atoms with E-state index in [4.69, 9.17) is 11.6 Å². The molecule has 0 spiro atoms. The van der Waals surface area contributed by atoms with Crippen molar-refractivity contribution < 1.29 is 19.4 Å². The molecule has 0 amide bonds. The monoisotopic (exact) mass is 290 g/mol. The number of methoxy groups -OCH3 is 1. The number of halogens is 1. The Morgan fingerprint density at radius 2 is 1.85 bits per heavy atom. The average Bonchev–Trinajstić information content (AvgIpc) is 2.47.